The first-order chi connectivity index (χ1) is 13.1. The van der Waals surface area contributed by atoms with Crippen molar-refractivity contribution < 1.29 is 22.7 Å². The quantitative estimate of drug-likeness (QED) is 0.383. The van der Waals surface area contributed by atoms with Crippen LogP contribution in [0.3, 0.4) is 0 Å². The van der Waals surface area contributed by atoms with E-state index in [1.165, 1.54) is 12.3 Å². The molecule has 27 heavy (non-hydrogen) atoms. The number of nitrogens with zero attached hydrogens (tertiary/aromatic N) is 1. The van der Waals surface area contributed by atoms with Crippen molar-refractivity contribution in [1.82, 2.24) is 0 Å². The summed E-state index contributed by atoms with van der Waals surface area (Å²) in [5.41, 5.74) is 3.77. The molecule has 0 atom stereocenters. The third kappa shape index (κ3) is 4.58. The number of carbonyl (C=O) groups excluding carboxylic acids is 1. The van der Waals surface area contributed by atoms with Gasteiger partial charge >= 0.3 is 5.97 Å². The van der Waals surface area contributed by atoms with E-state index in [1.807, 2.05) is 0 Å². The molecule has 138 valence electrons. The summed E-state index contributed by atoms with van der Waals surface area (Å²) in [5, 5.41) is 3.87. The van der Waals surface area contributed by atoms with Gasteiger partial charge in [-0.25, -0.2) is 13.6 Å². The maximum absolute atomic E-state index is 13.5. The summed E-state index contributed by atoms with van der Waals surface area (Å²) in [6.45, 7) is 2.06. The first kappa shape index (κ1) is 18.3. The predicted molar refractivity (Wildman–Crippen MR) is 97.7 cm³/mol. The highest BCUT2D eigenvalue weighted by Gasteiger charge is 2.08. The van der Waals surface area contributed by atoms with Crippen LogP contribution in [0.4, 0.5) is 14.5 Å². The Morgan fingerprint density at radius 1 is 1.15 bits per heavy atom. The fraction of sp³-hybridized carbons (Fsp3) is 0.100. The molecule has 5 nitrogen and oxygen atoms in total. The number of anilines is 1. The minimum atomic E-state index is -0.742. The molecule has 0 aliphatic carbocycles. The number of ether oxygens (including phenoxy) is 1. The third-order valence-corrected chi connectivity index (χ3v) is 3.62. The van der Waals surface area contributed by atoms with Crippen molar-refractivity contribution in [3.63, 3.8) is 0 Å². The lowest BCUT2D eigenvalue weighted by atomic mass is 10.1. The smallest absolute Gasteiger partial charge is 0.338 e. The summed E-state index contributed by atoms with van der Waals surface area (Å²) >= 11 is 0. The van der Waals surface area contributed by atoms with E-state index in [4.69, 9.17) is 9.15 Å². The number of carbonyl (C=O) groups is 1. The van der Waals surface area contributed by atoms with Crippen LogP contribution in [0.2, 0.25) is 0 Å². The van der Waals surface area contributed by atoms with Crippen LogP contribution in [0.15, 0.2) is 64.1 Å². The van der Waals surface area contributed by atoms with Crippen LogP contribution < -0.4 is 5.43 Å². The van der Waals surface area contributed by atoms with E-state index in [1.54, 1.807) is 43.3 Å². The van der Waals surface area contributed by atoms with Gasteiger partial charge in [-0.3, -0.25) is 5.43 Å². The number of nitrogens with one attached hydrogen (secondary N) is 1. The van der Waals surface area contributed by atoms with Crippen LogP contribution in [-0.2, 0) is 4.74 Å². The fourth-order valence-electron chi connectivity index (χ4n) is 2.31. The number of hydrogen-bond acceptors (Lipinski definition) is 5. The van der Waals surface area contributed by atoms with Crippen molar-refractivity contribution in [2.75, 3.05) is 12.0 Å². The highest BCUT2D eigenvalue weighted by molar-refractivity contribution is 5.90. The van der Waals surface area contributed by atoms with Gasteiger partial charge in [-0.15, -0.1) is 0 Å². The second kappa shape index (κ2) is 8.27. The molecule has 1 aromatic heterocycles. The molecule has 1 N–H and O–H groups in total. The van der Waals surface area contributed by atoms with Crippen molar-refractivity contribution in [3.8, 4) is 11.3 Å². The van der Waals surface area contributed by atoms with E-state index in [9.17, 15) is 13.6 Å². The number of furan rings is 1. The van der Waals surface area contributed by atoms with Gasteiger partial charge in [0.05, 0.1) is 24.1 Å². The molecule has 0 saturated carbocycles. The van der Waals surface area contributed by atoms with Gasteiger partial charge in [-0.2, -0.15) is 5.10 Å². The molecular weight excluding hydrogens is 354 g/mol. The van der Waals surface area contributed by atoms with Gasteiger partial charge in [0.25, 0.3) is 0 Å². The van der Waals surface area contributed by atoms with Crippen LogP contribution in [0.1, 0.15) is 23.0 Å². The average Bonchev–Trinajstić information content (AvgIpc) is 3.13. The van der Waals surface area contributed by atoms with E-state index in [0.717, 1.165) is 17.7 Å². The molecular formula is C20H16F2N2O3. The Kier molecular flexibility index (Phi) is 5.61. The molecule has 3 rings (SSSR count). The first-order valence-corrected chi connectivity index (χ1v) is 8.18. The lowest BCUT2D eigenvalue weighted by Crippen LogP contribution is -2.03. The first-order valence-electron chi connectivity index (χ1n) is 8.18. The maximum atomic E-state index is 13.5. The van der Waals surface area contributed by atoms with E-state index in [0.29, 0.717) is 23.7 Å². The van der Waals surface area contributed by atoms with Gasteiger partial charge in [0.15, 0.2) is 5.82 Å². The minimum Gasteiger partial charge on any atom is -0.462 e. The van der Waals surface area contributed by atoms with Gasteiger partial charge in [0.2, 0.25) is 0 Å². The number of rotatable bonds is 6. The molecule has 0 unspecified atom stereocenters. The van der Waals surface area contributed by atoms with Crippen molar-refractivity contribution in [1.29, 1.82) is 0 Å². The topological polar surface area (TPSA) is 63.8 Å². The monoisotopic (exact) mass is 370 g/mol. The number of hydrogen-bond donors (Lipinski definition) is 1. The van der Waals surface area contributed by atoms with E-state index in [2.05, 4.69) is 10.5 Å². The maximum Gasteiger partial charge on any atom is 0.338 e. The van der Waals surface area contributed by atoms with E-state index >= 15 is 0 Å². The summed E-state index contributed by atoms with van der Waals surface area (Å²) in [7, 11) is 0. The molecule has 0 amide bonds. The van der Waals surface area contributed by atoms with Crippen molar-refractivity contribution in [2.45, 2.75) is 6.92 Å². The number of halogens is 2. The highest BCUT2D eigenvalue weighted by atomic mass is 19.1. The van der Waals surface area contributed by atoms with Crippen molar-refractivity contribution in [2.24, 2.45) is 5.10 Å². The van der Waals surface area contributed by atoms with Crippen LogP contribution in [0.5, 0.6) is 0 Å². The van der Waals surface area contributed by atoms with Gasteiger partial charge in [0, 0.05) is 11.6 Å². The molecule has 0 aliphatic heterocycles. The predicted octanol–water partition coefficient (Wildman–Crippen LogP) is 4.85. The lowest BCUT2D eigenvalue weighted by molar-refractivity contribution is 0.0526. The standard InChI is InChI=1S/C20H16F2N2O3/c1-2-26-20(25)14-5-3-13(4-6-14)19-10-8-16(27-19)12-23-24-18-9-7-15(21)11-17(18)22/h3-12,24H,2H2,1H3/b23-12-. The Hall–Kier alpha value is -3.48. The number of benzene rings is 2. The van der Waals surface area contributed by atoms with E-state index in [-0.39, 0.29) is 11.7 Å². The Morgan fingerprint density at radius 2 is 1.93 bits per heavy atom. The van der Waals surface area contributed by atoms with Gasteiger partial charge < -0.3 is 9.15 Å². The van der Waals surface area contributed by atoms with Crippen molar-refractivity contribution >= 4 is 17.9 Å². The van der Waals surface area contributed by atoms with Gasteiger partial charge in [-0.1, -0.05) is 12.1 Å². The van der Waals surface area contributed by atoms with Crippen LogP contribution in [0.25, 0.3) is 11.3 Å². The second-order valence-corrected chi connectivity index (χ2v) is 5.49. The van der Waals surface area contributed by atoms with Crippen LogP contribution >= 0.6 is 0 Å². The second-order valence-electron chi connectivity index (χ2n) is 5.49. The zero-order chi connectivity index (χ0) is 19.2. The van der Waals surface area contributed by atoms with Crippen molar-refractivity contribution in [3.05, 3.63) is 77.6 Å². The van der Waals surface area contributed by atoms with Crippen LogP contribution in [-0.4, -0.2) is 18.8 Å². The fourth-order valence-corrected chi connectivity index (χ4v) is 2.31. The molecule has 0 spiro atoms. The Balaban J connectivity index is 1.66. The highest BCUT2D eigenvalue weighted by Crippen LogP contribution is 2.22. The number of hydrazone groups is 1. The molecule has 7 heteroatoms. The van der Waals surface area contributed by atoms with Gasteiger partial charge in [-0.05, 0) is 43.3 Å². The Labute approximate surface area is 154 Å². The normalized spacial score (nSPS) is 10.9. The zero-order valence-electron chi connectivity index (χ0n) is 14.4. The Morgan fingerprint density at radius 3 is 2.63 bits per heavy atom. The Bertz CT molecular complexity index is 966. The molecule has 1 heterocycles. The SMILES string of the molecule is CCOC(=O)c1ccc(-c2ccc(/C=N\Nc3ccc(F)cc3F)o2)cc1. The molecule has 0 radical (unpaired) electrons. The summed E-state index contributed by atoms with van der Waals surface area (Å²) in [4.78, 5) is 11.7. The molecule has 3 aromatic rings. The largest absolute Gasteiger partial charge is 0.462 e. The minimum absolute atomic E-state index is 0.0500. The summed E-state index contributed by atoms with van der Waals surface area (Å²) < 4.78 is 37.0. The molecule has 0 bridgehead atoms. The summed E-state index contributed by atoms with van der Waals surface area (Å²) in [6, 6.07) is 13.4. The van der Waals surface area contributed by atoms with Gasteiger partial charge in [0.1, 0.15) is 17.3 Å². The average molecular weight is 370 g/mol. The molecule has 0 aliphatic rings. The van der Waals surface area contributed by atoms with Crippen LogP contribution in [0, 0.1) is 11.6 Å². The molecule has 2 aromatic carbocycles. The number of esters is 1. The molecule has 0 fully saturated rings. The van der Waals surface area contributed by atoms with E-state index < -0.39 is 11.6 Å². The summed E-state index contributed by atoms with van der Waals surface area (Å²) in [5.74, 6) is -0.759. The lowest BCUT2D eigenvalue weighted by Gasteiger charge is -2.02. The molecule has 0 saturated heterocycles. The third-order valence-electron chi connectivity index (χ3n) is 3.62. The zero-order valence-corrected chi connectivity index (χ0v) is 14.4. The summed E-state index contributed by atoms with van der Waals surface area (Å²) in [6.07, 6.45) is 1.37.